The first-order valence-electron chi connectivity index (χ1n) is 7.69. The van der Waals surface area contributed by atoms with Gasteiger partial charge < -0.3 is 10.2 Å². The maximum atomic E-state index is 12.1. The van der Waals surface area contributed by atoms with Crippen molar-refractivity contribution in [2.75, 3.05) is 19.6 Å². The van der Waals surface area contributed by atoms with Crippen LogP contribution in [0.15, 0.2) is 0 Å². The summed E-state index contributed by atoms with van der Waals surface area (Å²) in [4.78, 5) is 14.1. The molecule has 0 aromatic rings. The van der Waals surface area contributed by atoms with Gasteiger partial charge in [0.1, 0.15) is 0 Å². The highest BCUT2D eigenvalue weighted by molar-refractivity contribution is 5.78. The largest absolute Gasteiger partial charge is 0.342 e. The first-order valence-corrected chi connectivity index (χ1v) is 7.69. The predicted octanol–water partition coefficient (Wildman–Crippen LogP) is 2.41. The molecule has 18 heavy (non-hydrogen) atoms. The summed E-state index contributed by atoms with van der Waals surface area (Å²) in [6, 6.07) is 0.544. The van der Waals surface area contributed by atoms with Crippen LogP contribution in [0.1, 0.15) is 52.4 Å². The summed E-state index contributed by atoms with van der Waals surface area (Å²) in [5, 5.41) is 3.51. The molecule has 3 nitrogen and oxygen atoms in total. The number of likely N-dealkylation sites (tertiary alicyclic amines) is 1. The summed E-state index contributed by atoms with van der Waals surface area (Å²) in [7, 11) is 0. The van der Waals surface area contributed by atoms with Crippen LogP contribution in [0.3, 0.4) is 0 Å². The SMILES string of the molecule is CC1CCCC(NCC(=O)N2CCCCC2)C1C. The lowest BCUT2D eigenvalue weighted by molar-refractivity contribution is -0.131. The van der Waals surface area contributed by atoms with E-state index in [1.165, 1.54) is 38.5 Å². The van der Waals surface area contributed by atoms with Crippen LogP contribution in [0.5, 0.6) is 0 Å². The zero-order chi connectivity index (χ0) is 13.0. The van der Waals surface area contributed by atoms with Gasteiger partial charge in [0.25, 0.3) is 0 Å². The van der Waals surface area contributed by atoms with Crippen LogP contribution in [-0.2, 0) is 4.79 Å². The molecule has 1 saturated carbocycles. The van der Waals surface area contributed by atoms with Crippen molar-refractivity contribution in [1.82, 2.24) is 10.2 Å². The van der Waals surface area contributed by atoms with Crippen molar-refractivity contribution in [3.8, 4) is 0 Å². The lowest BCUT2D eigenvalue weighted by Gasteiger charge is -2.35. The molecule has 0 aromatic heterocycles. The predicted molar refractivity (Wildman–Crippen MR) is 74.4 cm³/mol. The van der Waals surface area contributed by atoms with Gasteiger partial charge in [0.2, 0.25) is 5.91 Å². The van der Waals surface area contributed by atoms with E-state index in [9.17, 15) is 4.79 Å². The molecule has 0 bridgehead atoms. The van der Waals surface area contributed by atoms with Crippen molar-refractivity contribution >= 4 is 5.91 Å². The Bertz CT molecular complexity index is 274. The molecule has 0 spiro atoms. The number of carbonyl (C=O) groups is 1. The van der Waals surface area contributed by atoms with E-state index in [1.54, 1.807) is 0 Å². The molecule has 3 atom stereocenters. The minimum atomic E-state index is 0.306. The average Bonchev–Trinajstić information content (AvgIpc) is 2.41. The van der Waals surface area contributed by atoms with Gasteiger partial charge in [-0.3, -0.25) is 4.79 Å². The zero-order valence-electron chi connectivity index (χ0n) is 12.0. The van der Waals surface area contributed by atoms with E-state index in [2.05, 4.69) is 19.2 Å². The van der Waals surface area contributed by atoms with Gasteiger partial charge in [-0.05, 0) is 37.5 Å². The Balaban J connectivity index is 1.74. The van der Waals surface area contributed by atoms with Gasteiger partial charge in [0.05, 0.1) is 6.54 Å². The van der Waals surface area contributed by atoms with Crippen LogP contribution in [-0.4, -0.2) is 36.5 Å². The third kappa shape index (κ3) is 3.47. The Morgan fingerprint density at radius 3 is 2.56 bits per heavy atom. The summed E-state index contributed by atoms with van der Waals surface area (Å²) in [5.74, 6) is 1.80. The monoisotopic (exact) mass is 252 g/mol. The zero-order valence-corrected chi connectivity index (χ0v) is 12.0. The smallest absolute Gasteiger partial charge is 0.236 e. The molecule has 2 fully saturated rings. The van der Waals surface area contributed by atoms with Crippen LogP contribution in [0.25, 0.3) is 0 Å². The quantitative estimate of drug-likeness (QED) is 0.836. The summed E-state index contributed by atoms with van der Waals surface area (Å²) in [5.41, 5.74) is 0. The average molecular weight is 252 g/mol. The number of amides is 1. The number of hydrogen-bond acceptors (Lipinski definition) is 2. The Labute approximate surface area is 111 Å². The van der Waals surface area contributed by atoms with Crippen molar-refractivity contribution in [2.24, 2.45) is 11.8 Å². The van der Waals surface area contributed by atoms with E-state index in [0.717, 1.165) is 19.0 Å². The van der Waals surface area contributed by atoms with Gasteiger partial charge in [-0.1, -0.05) is 26.7 Å². The lowest BCUT2D eigenvalue weighted by Crippen LogP contribution is -2.47. The Morgan fingerprint density at radius 1 is 1.11 bits per heavy atom. The molecule has 1 heterocycles. The fourth-order valence-electron chi connectivity index (χ4n) is 3.34. The Kier molecular flexibility index (Phi) is 5.04. The third-order valence-electron chi connectivity index (χ3n) is 4.93. The maximum Gasteiger partial charge on any atom is 0.236 e. The number of rotatable bonds is 3. The van der Waals surface area contributed by atoms with Gasteiger partial charge >= 0.3 is 0 Å². The third-order valence-corrected chi connectivity index (χ3v) is 4.93. The number of carbonyl (C=O) groups excluding carboxylic acids is 1. The summed E-state index contributed by atoms with van der Waals surface area (Å²) >= 11 is 0. The molecule has 1 saturated heterocycles. The van der Waals surface area contributed by atoms with Crippen LogP contribution in [0, 0.1) is 11.8 Å². The number of piperidine rings is 1. The molecule has 1 amide bonds. The standard InChI is InChI=1S/C15H28N2O/c1-12-7-6-8-14(13(12)2)16-11-15(18)17-9-4-3-5-10-17/h12-14,16H,3-11H2,1-2H3. The van der Waals surface area contributed by atoms with Crippen LogP contribution in [0.4, 0.5) is 0 Å². The molecule has 3 unspecified atom stereocenters. The first-order chi connectivity index (χ1) is 8.68. The minimum absolute atomic E-state index is 0.306. The highest BCUT2D eigenvalue weighted by atomic mass is 16.2. The summed E-state index contributed by atoms with van der Waals surface area (Å²) in [6.07, 6.45) is 7.54. The number of nitrogens with zero attached hydrogens (tertiary/aromatic N) is 1. The fraction of sp³-hybridized carbons (Fsp3) is 0.933. The van der Waals surface area contributed by atoms with Crippen molar-refractivity contribution < 1.29 is 4.79 Å². The van der Waals surface area contributed by atoms with Crippen molar-refractivity contribution in [1.29, 1.82) is 0 Å². The second-order valence-electron chi connectivity index (χ2n) is 6.20. The second-order valence-corrected chi connectivity index (χ2v) is 6.20. The van der Waals surface area contributed by atoms with E-state index in [4.69, 9.17) is 0 Å². The van der Waals surface area contributed by atoms with Crippen LogP contribution in [0.2, 0.25) is 0 Å². The van der Waals surface area contributed by atoms with Crippen LogP contribution < -0.4 is 5.32 Å². The summed E-state index contributed by atoms with van der Waals surface area (Å²) in [6.45, 7) is 7.15. The molecular formula is C15H28N2O. The van der Waals surface area contributed by atoms with Gasteiger partial charge in [0, 0.05) is 19.1 Å². The topological polar surface area (TPSA) is 32.3 Å². The molecule has 0 aromatic carbocycles. The van der Waals surface area contributed by atoms with Crippen molar-refractivity contribution in [2.45, 2.75) is 58.4 Å². The van der Waals surface area contributed by atoms with Gasteiger partial charge in [-0.2, -0.15) is 0 Å². The highest BCUT2D eigenvalue weighted by Crippen LogP contribution is 2.29. The van der Waals surface area contributed by atoms with E-state index < -0.39 is 0 Å². The number of hydrogen-bond donors (Lipinski definition) is 1. The number of nitrogens with one attached hydrogen (secondary N) is 1. The van der Waals surface area contributed by atoms with E-state index in [1.807, 2.05) is 4.90 Å². The molecule has 1 aliphatic carbocycles. The van der Waals surface area contributed by atoms with E-state index in [0.29, 0.717) is 24.4 Å². The van der Waals surface area contributed by atoms with Gasteiger partial charge in [-0.25, -0.2) is 0 Å². The molecule has 104 valence electrons. The second kappa shape index (κ2) is 6.55. The van der Waals surface area contributed by atoms with Crippen LogP contribution >= 0.6 is 0 Å². The molecule has 1 aliphatic heterocycles. The molecular weight excluding hydrogens is 224 g/mol. The Hall–Kier alpha value is -0.570. The lowest BCUT2D eigenvalue weighted by atomic mass is 9.78. The van der Waals surface area contributed by atoms with E-state index in [-0.39, 0.29) is 0 Å². The van der Waals surface area contributed by atoms with Gasteiger partial charge in [0.15, 0.2) is 0 Å². The van der Waals surface area contributed by atoms with Crippen molar-refractivity contribution in [3.63, 3.8) is 0 Å². The molecule has 2 aliphatic rings. The highest BCUT2D eigenvalue weighted by Gasteiger charge is 2.27. The maximum absolute atomic E-state index is 12.1. The first kappa shape index (κ1) is 13.9. The van der Waals surface area contributed by atoms with Crippen molar-refractivity contribution in [3.05, 3.63) is 0 Å². The Morgan fingerprint density at radius 2 is 1.83 bits per heavy atom. The normalized spacial score (nSPS) is 33.4. The molecule has 1 N–H and O–H groups in total. The molecule has 0 radical (unpaired) electrons. The molecule has 3 heteroatoms. The summed E-state index contributed by atoms with van der Waals surface area (Å²) < 4.78 is 0. The fourth-order valence-corrected chi connectivity index (χ4v) is 3.34. The van der Waals surface area contributed by atoms with E-state index >= 15 is 0 Å². The molecule has 2 rings (SSSR count). The van der Waals surface area contributed by atoms with Gasteiger partial charge in [-0.15, -0.1) is 0 Å². The minimum Gasteiger partial charge on any atom is -0.342 e.